The van der Waals surface area contributed by atoms with Crippen molar-refractivity contribution >= 4 is 5.91 Å². The van der Waals surface area contributed by atoms with Crippen molar-refractivity contribution in [1.82, 2.24) is 5.32 Å². The molecule has 1 unspecified atom stereocenters. The van der Waals surface area contributed by atoms with E-state index in [1.165, 1.54) is 0 Å². The van der Waals surface area contributed by atoms with Crippen LogP contribution in [0.25, 0.3) is 0 Å². The van der Waals surface area contributed by atoms with Gasteiger partial charge >= 0.3 is 0 Å². The summed E-state index contributed by atoms with van der Waals surface area (Å²) in [6.45, 7) is 8.92. The van der Waals surface area contributed by atoms with Gasteiger partial charge in [-0.05, 0) is 51.5 Å². The lowest BCUT2D eigenvalue weighted by molar-refractivity contribution is 0.0842. The first-order valence-electron chi connectivity index (χ1n) is 10.2. The van der Waals surface area contributed by atoms with Crippen LogP contribution in [0.4, 0.5) is 0 Å². The van der Waals surface area contributed by atoms with E-state index in [0.29, 0.717) is 48.4 Å². The minimum Gasteiger partial charge on any atom is -0.491 e. The maximum absolute atomic E-state index is 12.6. The Balaban J connectivity index is 2.03. The molecule has 0 bridgehead atoms. The first-order chi connectivity index (χ1) is 14.5. The fourth-order valence-corrected chi connectivity index (χ4v) is 2.80. The molecule has 7 heteroatoms. The van der Waals surface area contributed by atoms with Gasteiger partial charge in [-0.15, -0.1) is 0 Å². The highest BCUT2D eigenvalue weighted by Gasteiger charge is 2.19. The predicted molar refractivity (Wildman–Crippen MR) is 115 cm³/mol. The molecular formula is C23H31NO6. The minimum atomic E-state index is -0.853. The van der Waals surface area contributed by atoms with Gasteiger partial charge in [0.15, 0.2) is 11.5 Å². The van der Waals surface area contributed by atoms with Gasteiger partial charge < -0.3 is 29.4 Å². The van der Waals surface area contributed by atoms with Gasteiger partial charge in [-0.25, -0.2) is 0 Å². The molecule has 0 aliphatic heterocycles. The topological polar surface area (TPSA) is 86.3 Å². The Morgan fingerprint density at radius 2 is 1.53 bits per heavy atom. The molecule has 2 N–H and O–H groups in total. The molecule has 0 aromatic heterocycles. The van der Waals surface area contributed by atoms with Gasteiger partial charge in [0.2, 0.25) is 5.75 Å². The zero-order valence-electron chi connectivity index (χ0n) is 18.1. The van der Waals surface area contributed by atoms with Crippen LogP contribution in [0.2, 0.25) is 0 Å². The van der Waals surface area contributed by atoms with Gasteiger partial charge in [-0.1, -0.05) is 18.2 Å². The zero-order valence-corrected chi connectivity index (χ0v) is 18.1. The number of carbonyl (C=O) groups excluding carboxylic acids is 1. The molecule has 0 saturated carbocycles. The molecule has 0 aliphatic carbocycles. The van der Waals surface area contributed by atoms with Crippen molar-refractivity contribution in [3.63, 3.8) is 0 Å². The Hall–Kier alpha value is -2.93. The van der Waals surface area contributed by atoms with E-state index in [0.717, 1.165) is 5.56 Å². The van der Waals surface area contributed by atoms with Crippen LogP contribution in [0.5, 0.6) is 23.0 Å². The lowest BCUT2D eigenvalue weighted by Gasteiger charge is -2.18. The van der Waals surface area contributed by atoms with Gasteiger partial charge in [0.05, 0.1) is 19.8 Å². The van der Waals surface area contributed by atoms with Crippen molar-refractivity contribution in [1.29, 1.82) is 0 Å². The third-order valence-electron chi connectivity index (χ3n) is 4.19. The van der Waals surface area contributed by atoms with Gasteiger partial charge in [0.1, 0.15) is 18.5 Å². The van der Waals surface area contributed by atoms with Crippen molar-refractivity contribution in [3.8, 4) is 23.0 Å². The number of carbonyl (C=O) groups is 1. The number of aryl methyl sites for hydroxylation is 1. The maximum Gasteiger partial charge on any atom is 0.251 e. The van der Waals surface area contributed by atoms with Crippen LogP contribution in [-0.4, -0.2) is 50.1 Å². The van der Waals surface area contributed by atoms with E-state index >= 15 is 0 Å². The van der Waals surface area contributed by atoms with Crippen molar-refractivity contribution in [2.45, 2.75) is 33.8 Å². The molecule has 1 amide bonds. The third-order valence-corrected chi connectivity index (χ3v) is 4.19. The van der Waals surface area contributed by atoms with E-state index in [1.807, 2.05) is 52.0 Å². The molecule has 2 aromatic rings. The number of hydrogen-bond donors (Lipinski definition) is 2. The average molecular weight is 418 g/mol. The van der Waals surface area contributed by atoms with Crippen LogP contribution < -0.4 is 24.3 Å². The van der Waals surface area contributed by atoms with Crippen LogP contribution in [0.15, 0.2) is 36.4 Å². The lowest BCUT2D eigenvalue weighted by atomic mass is 10.1. The summed E-state index contributed by atoms with van der Waals surface area (Å²) >= 11 is 0. The predicted octanol–water partition coefficient (Wildman–Crippen LogP) is 3.36. The second kappa shape index (κ2) is 11.9. The smallest absolute Gasteiger partial charge is 0.251 e. The van der Waals surface area contributed by atoms with Crippen LogP contribution in [0.1, 0.15) is 36.7 Å². The summed E-state index contributed by atoms with van der Waals surface area (Å²) in [6, 6.07) is 10.8. The number of rotatable bonds is 12. The molecule has 0 fully saturated rings. The molecule has 0 heterocycles. The van der Waals surface area contributed by atoms with Gasteiger partial charge in [-0.2, -0.15) is 0 Å². The molecule has 2 rings (SSSR count). The van der Waals surface area contributed by atoms with Gasteiger partial charge in [-0.3, -0.25) is 4.79 Å². The molecular weight excluding hydrogens is 386 g/mol. The van der Waals surface area contributed by atoms with Crippen molar-refractivity contribution in [2.75, 3.05) is 33.0 Å². The summed E-state index contributed by atoms with van der Waals surface area (Å²) < 4.78 is 22.5. The Kier molecular flexibility index (Phi) is 9.28. The maximum atomic E-state index is 12.6. The number of ether oxygens (including phenoxy) is 4. The van der Waals surface area contributed by atoms with E-state index in [2.05, 4.69) is 5.32 Å². The summed E-state index contributed by atoms with van der Waals surface area (Å²) in [6.07, 6.45) is -0.853. The Morgan fingerprint density at radius 3 is 2.10 bits per heavy atom. The van der Waals surface area contributed by atoms with Crippen molar-refractivity contribution in [2.24, 2.45) is 0 Å². The van der Waals surface area contributed by atoms with Crippen LogP contribution in [0.3, 0.4) is 0 Å². The first-order valence-corrected chi connectivity index (χ1v) is 10.2. The van der Waals surface area contributed by atoms with Crippen molar-refractivity contribution < 1.29 is 28.8 Å². The van der Waals surface area contributed by atoms with E-state index < -0.39 is 6.10 Å². The van der Waals surface area contributed by atoms with Crippen LogP contribution >= 0.6 is 0 Å². The number of para-hydroxylation sites is 1. The van der Waals surface area contributed by atoms with Crippen LogP contribution in [-0.2, 0) is 0 Å². The molecule has 30 heavy (non-hydrogen) atoms. The molecule has 1 atom stereocenters. The number of aliphatic hydroxyl groups is 1. The molecule has 0 spiro atoms. The molecule has 2 aromatic carbocycles. The summed E-state index contributed by atoms with van der Waals surface area (Å²) in [5.41, 5.74) is 1.34. The van der Waals surface area contributed by atoms with E-state index in [-0.39, 0.29) is 19.1 Å². The highest BCUT2D eigenvalue weighted by Crippen LogP contribution is 2.39. The quantitative estimate of drug-likeness (QED) is 0.551. The number of benzene rings is 2. The van der Waals surface area contributed by atoms with Gasteiger partial charge in [0, 0.05) is 12.1 Å². The summed E-state index contributed by atoms with van der Waals surface area (Å²) in [7, 11) is 0. The van der Waals surface area contributed by atoms with E-state index in [4.69, 9.17) is 18.9 Å². The normalized spacial score (nSPS) is 11.5. The average Bonchev–Trinajstić information content (AvgIpc) is 2.73. The second-order valence-corrected chi connectivity index (χ2v) is 6.54. The second-order valence-electron chi connectivity index (χ2n) is 6.54. The summed E-state index contributed by atoms with van der Waals surface area (Å²) in [4.78, 5) is 12.6. The third kappa shape index (κ3) is 6.56. The molecule has 0 aliphatic rings. The Labute approximate surface area is 177 Å². The fraction of sp³-hybridized carbons (Fsp3) is 0.435. The number of aliphatic hydroxyl groups excluding tert-OH is 1. The zero-order chi connectivity index (χ0) is 21.9. The summed E-state index contributed by atoms with van der Waals surface area (Å²) in [5, 5.41) is 12.9. The van der Waals surface area contributed by atoms with Crippen molar-refractivity contribution in [3.05, 3.63) is 47.5 Å². The van der Waals surface area contributed by atoms with Crippen LogP contribution in [0, 0.1) is 6.92 Å². The highest BCUT2D eigenvalue weighted by atomic mass is 16.5. The molecule has 164 valence electrons. The first kappa shape index (κ1) is 23.3. The highest BCUT2D eigenvalue weighted by molar-refractivity contribution is 5.95. The Morgan fingerprint density at radius 1 is 0.933 bits per heavy atom. The lowest BCUT2D eigenvalue weighted by Crippen LogP contribution is -2.35. The monoisotopic (exact) mass is 417 g/mol. The molecule has 7 nitrogen and oxygen atoms in total. The largest absolute Gasteiger partial charge is 0.491 e. The standard InChI is InChI=1S/C23H31NO6/c1-5-27-20-12-17(13-21(28-6-2)22(20)29-7-3)23(26)24-14-18(25)15-30-19-11-9-8-10-16(19)4/h8-13,18,25H,5-7,14-15H2,1-4H3,(H,24,26). The van der Waals surface area contributed by atoms with E-state index in [9.17, 15) is 9.90 Å². The number of amides is 1. The number of hydrogen-bond acceptors (Lipinski definition) is 6. The number of nitrogens with one attached hydrogen (secondary N) is 1. The minimum absolute atomic E-state index is 0.0475. The summed E-state index contributed by atoms with van der Waals surface area (Å²) in [5.74, 6) is 1.72. The molecule has 0 radical (unpaired) electrons. The SMILES string of the molecule is CCOc1cc(C(=O)NCC(O)COc2ccccc2C)cc(OCC)c1OCC. The van der Waals surface area contributed by atoms with Gasteiger partial charge in [0.25, 0.3) is 5.91 Å². The van der Waals surface area contributed by atoms with E-state index in [1.54, 1.807) is 12.1 Å². The fourth-order valence-electron chi connectivity index (χ4n) is 2.80. The Bertz CT molecular complexity index is 796. The molecule has 0 saturated heterocycles.